The molecule has 1 saturated heterocycles. The van der Waals surface area contributed by atoms with Crippen LogP contribution < -0.4 is 16.0 Å². The summed E-state index contributed by atoms with van der Waals surface area (Å²) in [5.74, 6) is 0.305. The van der Waals surface area contributed by atoms with Gasteiger partial charge in [0.25, 0.3) is 5.91 Å². The number of benzene rings is 1. The second kappa shape index (κ2) is 14.3. The van der Waals surface area contributed by atoms with Crippen LogP contribution in [0.2, 0.25) is 10.0 Å². The third kappa shape index (κ3) is 8.92. The smallest absolute Gasteiger partial charge is 0.273 e. The second-order valence-electron chi connectivity index (χ2n) is 8.47. The fraction of sp³-hybridized carbons (Fsp3) is 0.500. The number of hydrogen-bond donors (Lipinski definition) is 5. The summed E-state index contributed by atoms with van der Waals surface area (Å²) in [6.45, 7) is 12.0. The van der Waals surface area contributed by atoms with E-state index >= 15 is 0 Å². The van der Waals surface area contributed by atoms with Crippen molar-refractivity contribution in [1.29, 1.82) is 5.41 Å². The second-order valence-corrected chi connectivity index (χ2v) is 9.28. The molecule has 2 rings (SSSR count). The number of nitrogens with zero attached hydrogens (tertiary/aromatic N) is 2. The summed E-state index contributed by atoms with van der Waals surface area (Å²) >= 11 is 12.1. The highest BCUT2D eigenvalue weighted by molar-refractivity contribution is 6.42. The van der Waals surface area contributed by atoms with E-state index in [-0.39, 0.29) is 12.5 Å². The minimum atomic E-state index is -0.299. The number of carbonyl (C=O) groups excluding carboxylic acids is 1. The molecule has 1 aliphatic rings. The van der Waals surface area contributed by atoms with Gasteiger partial charge < -0.3 is 26.5 Å². The number of hydrogen-bond acceptors (Lipinski definition) is 7. The Kier molecular flexibility index (Phi) is 11.9. The van der Waals surface area contributed by atoms with Crippen molar-refractivity contribution in [2.75, 3.05) is 52.4 Å². The fourth-order valence-electron chi connectivity index (χ4n) is 3.55. The van der Waals surface area contributed by atoms with Crippen LogP contribution in [0.5, 0.6) is 0 Å². The first-order chi connectivity index (χ1) is 16.2. The van der Waals surface area contributed by atoms with Gasteiger partial charge in [-0.15, -0.1) is 0 Å². The van der Waals surface area contributed by atoms with Gasteiger partial charge in [0.05, 0.1) is 16.7 Å². The van der Waals surface area contributed by atoms with Gasteiger partial charge in [-0.25, -0.2) is 0 Å². The molecular weight excluding hydrogens is 475 g/mol. The summed E-state index contributed by atoms with van der Waals surface area (Å²) in [6.07, 6.45) is 1.18. The number of nitrogens with one attached hydrogen (secondary N) is 4. The van der Waals surface area contributed by atoms with Gasteiger partial charge in [0.2, 0.25) is 0 Å². The van der Waals surface area contributed by atoms with Crippen LogP contribution in [0, 0.1) is 5.41 Å². The molecule has 1 amide bonds. The molecule has 1 aromatic rings. The Labute approximate surface area is 212 Å². The van der Waals surface area contributed by atoms with Gasteiger partial charge in [-0.1, -0.05) is 29.3 Å². The molecule has 0 saturated carbocycles. The van der Waals surface area contributed by atoms with E-state index in [1.807, 2.05) is 19.9 Å². The van der Waals surface area contributed by atoms with Crippen molar-refractivity contribution >= 4 is 35.3 Å². The Morgan fingerprint density at radius 2 is 1.71 bits per heavy atom. The number of carbonyl (C=O) groups is 1. The maximum Gasteiger partial charge on any atom is 0.273 e. The molecule has 0 radical (unpaired) electrons. The Balaban J connectivity index is 1.93. The Hall–Kier alpha value is -2.10. The van der Waals surface area contributed by atoms with Gasteiger partial charge in [-0.05, 0) is 49.6 Å². The maximum absolute atomic E-state index is 13.1. The van der Waals surface area contributed by atoms with Crippen molar-refractivity contribution in [2.45, 2.75) is 27.3 Å². The molecular formula is C24H36Cl2N6O2. The van der Waals surface area contributed by atoms with E-state index in [2.05, 4.69) is 25.8 Å². The van der Waals surface area contributed by atoms with Crippen LogP contribution in [0.3, 0.4) is 0 Å². The summed E-state index contributed by atoms with van der Waals surface area (Å²) in [5.41, 5.74) is 2.79. The highest BCUT2D eigenvalue weighted by atomic mass is 35.5. The SMILES string of the molecule is CC(C)=C(NCc1ccc(Cl)c(Cl)c1)NC(=O)/C(NCCN1CCN(CCO)CC1)=C(\C)C=N. The molecule has 5 N–H and O–H groups in total. The van der Waals surface area contributed by atoms with Crippen LogP contribution in [0.4, 0.5) is 0 Å². The summed E-state index contributed by atoms with van der Waals surface area (Å²) in [5, 5.41) is 27.1. The molecule has 1 fully saturated rings. The number of allylic oxidation sites excluding steroid dienone is 2. The van der Waals surface area contributed by atoms with Gasteiger partial charge in [0.1, 0.15) is 11.5 Å². The molecule has 0 atom stereocenters. The van der Waals surface area contributed by atoms with E-state index < -0.39 is 0 Å². The molecule has 10 heteroatoms. The number of piperazine rings is 1. The molecule has 1 aromatic carbocycles. The van der Waals surface area contributed by atoms with Crippen molar-refractivity contribution in [2.24, 2.45) is 0 Å². The molecule has 1 aliphatic heterocycles. The van der Waals surface area contributed by atoms with Crippen molar-refractivity contribution in [3.05, 3.63) is 56.5 Å². The van der Waals surface area contributed by atoms with Crippen molar-refractivity contribution in [3.8, 4) is 0 Å². The number of β-amino-alcohol motifs (C(OH)–C–C–N with tert-alkyl or cyclic N) is 1. The summed E-state index contributed by atoms with van der Waals surface area (Å²) in [4.78, 5) is 17.6. The van der Waals surface area contributed by atoms with Crippen molar-refractivity contribution < 1.29 is 9.90 Å². The lowest BCUT2D eigenvalue weighted by Gasteiger charge is -2.34. The van der Waals surface area contributed by atoms with Gasteiger partial charge in [0, 0.05) is 58.6 Å². The first-order valence-electron chi connectivity index (χ1n) is 11.4. The molecule has 0 aliphatic carbocycles. The molecule has 34 heavy (non-hydrogen) atoms. The number of halogens is 2. The standard InChI is InChI=1S/C24H36Cl2N6O2/c1-17(2)23(29-16-19-4-5-20(25)21(26)14-19)30-24(34)22(18(3)15-27)28-6-7-31-8-10-32(11-9-31)12-13-33/h4-5,14-15,27-29,33H,6-13,16H2,1-3H3,(H,30,34)/b22-18-,27-15?. The molecule has 0 unspecified atom stereocenters. The minimum Gasteiger partial charge on any atom is -0.395 e. The predicted molar refractivity (Wildman–Crippen MR) is 139 cm³/mol. The quantitative estimate of drug-likeness (QED) is 0.218. The average Bonchev–Trinajstić information content (AvgIpc) is 2.82. The van der Waals surface area contributed by atoms with E-state index in [1.165, 1.54) is 6.21 Å². The summed E-state index contributed by atoms with van der Waals surface area (Å²) in [7, 11) is 0. The van der Waals surface area contributed by atoms with Crippen LogP contribution in [-0.4, -0.2) is 79.4 Å². The molecule has 188 valence electrons. The first kappa shape index (κ1) is 28.1. The van der Waals surface area contributed by atoms with E-state index in [1.54, 1.807) is 19.1 Å². The van der Waals surface area contributed by atoms with Crippen LogP contribution in [0.1, 0.15) is 26.3 Å². The number of aliphatic hydroxyl groups is 1. The van der Waals surface area contributed by atoms with Gasteiger partial charge in [-0.3, -0.25) is 14.6 Å². The Morgan fingerprint density at radius 3 is 2.26 bits per heavy atom. The molecule has 0 aromatic heterocycles. The van der Waals surface area contributed by atoms with E-state index in [0.29, 0.717) is 46.8 Å². The highest BCUT2D eigenvalue weighted by Crippen LogP contribution is 2.22. The van der Waals surface area contributed by atoms with Crippen LogP contribution in [0.25, 0.3) is 0 Å². The maximum atomic E-state index is 13.1. The number of aliphatic hydroxyl groups excluding tert-OH is 1. The van der Waals surface area contributed by atoms with Gasteiger partial charge >= 0.3 is 0 Å². The Bertz CT molecular complexity index is 907. The topological polar surface area (TPSA) is 104 Å². The van der Waals surface area contributed by atoms with Crippen LogP contribution in [0.15, 0.2) is 40.9 Å². The summed E-state index contributed by atoms with van der Waals surface area (Å²) in [6, 6.07) is 5.41. The lowest BCUT2D eigenvalue weighted by Crippen LogP contribution is -2.49. The third-order valence-corrected chi connectivity index (χ3v) is 6.38. The normalized spacial score (nSPS) is 15.4. The zero-order valence-electron chi connectivity index (χ0n) is 20.2. The zero-order valence-corrected chi connectivity index (χ0v) is 21.7. The van der Waals surface area contributed by atoms with Crippen LogP contribution in [-0.2, 0) is 11.3 Å². The van der Waals surface area contributed by atoms with E-state index in [4.69, 9.17) is 33.7 Å². The fourth-order valence-corrected chi connectivity index (χ4v) is 3.87. The minimum absolute atomic E-state index is 0.184. The molecule has 0 spiro atoms. The predicted octanol–water partition coefficient (Wildman–Crippen LogP) is 2.57. The lowest BCUT2D eigenvalue weighted by molar-refractivity contribution is -0.117. The molecule has 1 heterocycles. The highest BCUT2D eigenvalue weighted by Gasteiger charge is 2.18. The van der Waals surface area contributed by atoms with Crippen LogP contribution >= 0.6 is 23.2 Å². The van der Waals surface area contributed by atoms with Crippen molar-refractivity contribution in [1.82, 2.24) is 25.8 Å². The monoisotopic (exact) mass is 510 g/mol. The molecule has 8 nitrogen and oxygen atoms in total. The molecule has 0 bridgehead atoms. The zero-order chi connectivity index (χ0) is 25.1. The van der Waals surface area contributed by atoms with Gasteiger partial charge in [-0.2, -0.15) is 0 Å². The van der Waals surface area contributed by atoms with E-state index in [9.17, 15) is 4.79 Å². The van der Waals surface area contributed by atoms with Crippen molar-refractivity contribution in [3.63, 3.8) is 0 Å². The Morgan fingerprint density at radius 1 is 1.06 bits per heavy atom. The first-order valence-corrected chi connectivity index (χ1v) is 12.2. The van der Waals surface area contributed by atoms with E-state index in [0.717, 1.165) is 43.9 Å². The average molecular weight is 511 g/mol. The third-order valence-electron chi connectivity index (χ3n) is 5.64. The van der Waals surface area contributed by atoms with Gasteiger partial charge in [0.15, 0.2) is 0 Å². The number of amides is 1. The largest absolute Gasteiger partial charge is 0.395 e. The lowest BCUT2D eigenvalue weighted by atomic mass is 10.2. The number of rotatable bonds is 12. The summed E-state index contributed by atoms with van der Waals surface area (Å²) < 4.78 is 0.